The van der Waals surface area contributed by atoms with Crippen LogP contribution < -0.4 is 5.43 Å². The quantitative estimate of drug-likeness (QED) is 0.658. The number of benzene rings is 2. The van der Waals surface area contributed by atoms with Crippen LogP contribution in [0.5, 0.6) is 0 Å². The van der Waals surface area contributed by atoms with Crippen LogP contribution in [0.2, 0.25) is 0 Å². The third-order valence-electron chi connectivity index (χ3n) is 3.29. The molecule has 0 aliphatic rings. The summed E-state index contributed by atoms with van der Waals surface area (Å²) in [6.07, 6.45) is 1.71. The zero-order valence-corrected chi connectivity index (χ0v) is 13.0. The lowest BCUT2D eigenvalue weighted by Gasteiger charge is -2.18. The molecule has 0 atom stereocenters. The number of hydrazone groups is 1. The highest BCUT2D eigenvalue weighted by Crippen LogP contribution is 2.21. The van der Waals surface area contributed by atoms with E-state index < -0.39 is 5.97 Å². The zero-order chi connectivity index (χ0) is 16.2. The predicted octanol–water partition coefficient (Wildman–Crippen LogP) is 4.13. The van der Waals surface area contributed by atoms with Gasteiger partial charge in [-0.15, -0.1) is 0 Å². The van der Waals surface area contributed by atoms with Crippen LogP contribution in [0.3, 0.4) is 0 Å². The van der Waals surface area contributed by atoms with E-state index in [0.717, 1.165) is 5.56 Å². The van der Waals surface area contributed by atoms with Crippen molar-refractivity contribution in [2.24, 2.45) is 5.10 Å². The summed E-state index contributed by atoms with van der Waals surface area (Å²) in [4.78, 5) is 10.9. The van der Waals surface area contributed by atoms with Gasteiger partial charge in [0.1, 0.15) is 0 Å². The number of carboxylic acids is 1. The molecule has 0 saturated carbocycles. The molecule has 4 nitrogen and oxygen atoms in total. The summed E-state index contributed by atoms with van der Waals surface area (Å²) in [5, 5.41) is 13.1. The van der Waals surface area contributed by atoms with Crippen LogP contribution >= 0.6 is 0 Å². The lowest BCUT2D eigenvalue weighted by molar-refractivity contribution is 0.0697. The highest BCUT2D eigenvalue weighted by atomic mass is 16.4. The molecule has 0 unspecified atom stereocenters. The minimum Gasteiger partial charge on any atom is -0.478 e. The molecule has 2 N–H and O–H groups in total. The Hall–Kier alpha value is -2.62. The minimum absolute atomic E-state index is 0.130. The van der Waals surface area contributed by atoms with E-state index in [1.54, 1.807) is 30.5 Å². The first-order chi connectivity index (χ1) is 10.4. The Morgan fingerprint density at radius 2 is 1.82 bits per heavy atom. The third kappa shape index (κ3) is 4.19. The molecule has 2 aromatic carbocycles. The smallest absolute Gasteiger partial charge is 0.335 e. The first-order valence-electron chi connectivity index (χ1n) is 7.09. The monoisotopic (exact) mass is 296 g/mol. The van der Waals surface area contributed by atoms with Crippen LogP contribution in [0.4, 0.5) is 5.69 Å². The Kier molecular flexibility index (Phi) is 4.61. The van der Waals surface area contributed by atoms with Crippen LogP contribution in [-0.4, -0.2) is 17.3 Å². The molecule has 0 radical (unpaired) electrons. The average molecular weight is 296 g/mol. The van der Waals surface area contributed by atoms with E-state index in [9.17, 15) is 4.79 Å². The highest BCUT2D eigenvalue weighted by Gasteiger charge is 2.12. The normalized spacial score (nSPS) is 11.6. The summed E-state index contributed by atoms with van der Waals surface area (Å²) in [6.45, 7) is 6.52. The number of aromatic carboxylic acids is 1. The van der Waals surface area contributed by atoms with Crippen LogP contribution in [0.25, 0.3) is 0 Å². The molecule has 0 heterocycles. The second-order valence-corrected chi connectivity index (χ2v) is 6.13. The van der Waals surface area contributed by atoms with Crippen molar-refractivity contribution in [3.8, 4) is 0 Å². The van der Waals surface area contributed by atoms with Gasteiger partial charge in [-0.3, -0.25) is 5.43 Å². The Balaban J connectivity index is 2.03. The molecule has 0 bridgehead atoms. The van der Waals surface area contributed by atoms with Crippen molar-refractivity contribution < 1.29 is 9.90 Å². The maximum absolute atomic E-state index is 10.9. The summed E-state index contributed by atoms with van der Waals surface area (Å²) in [5.41, 5.74) is 6.09. The summed E-state index contributed by atoms with van der Waals surface area (Å²) in [6, 6.07) is 14.7. The molecule has 0 saturated heterocycles. The summed E-state index contributed by atoms with van der Waals surface area (Å²) < 4.78 is 0. The van der Waals surface area contributed by atoms with Crippen molar-refractivity contribution in [3.05, 3.63) is 65.2 Å². The van der Waals surface area contributed by atoms with Gasteiger partial charge in [0.15, 0.2) is 0 Å². The number of nitrogens with one attached hydrogen (secondary N) is 1. The highest BCUT2D eigenvalue weighted by molar-refractivity contribution is 5.88. The van der Waals surface area contributed by atoms with Crippen LogP contribution in [0.15, 0.2) is 53.6 Å². The van der Waals surface area contributed by atoms with Crippen LogP contribution in [0, 0.1) is 0 Å². The summed E-state index contributed by atoms with van der Waals surface area (Å²) in [5.74, 6) is -0.953. The van der Waals surface area contributed by atoms with Gasteiger partial charge in [0.05, 0.1) is 17.5 Å². The van der Waals surface area contributed by atoms with E-state index >= 15 is 0 Å². The van der Waals surface area contributed by atoms with Crippen LogP contribution in [-0.2, 0) is 5.41 Å². The van der Waals surface area contributed by atoms with Crippen LogP contribution in [0.1, 0.15) is 42.3 Å². The summed E-state index contributed by atoms with van der Waals surface area (Å²) in [7, 11) is 0. The van der Waals surface area contributed by atoms with E-state index in [0.29, 0.717) is 5.69 Å². The maximum atomic E-state index is 10.9. The van der Waals surface area contributed by atoms with E-state index in [2.05, 4.69) is 43.4 Å². The van der Waals surface area contributed by atoms with Gasteiger partial charge in [0, 0.05) is 0 Å². The molecule has 0 amide bonds. The molecule has 0 aliphatic carbocycles. The number of carboxylic acid groups (broad SMARTS) is 1. The van der Waals surface area contributed by atoms with Gasteiger partial charge in [-0.2, -0.15) is 5.10 Å². The molecule has 0 aromatic heterocycles. The van der Waals surface area contributed by atoms with Gasteiger partial charge < -0.3 is 5.11 Å². The van der Waals surface area contributed by atoms with E-state index in [1.807, 2.05) is 12.1 Å². The Bertz CT molecular complexity index is 683. The van der Waals surface area contributed by atoms with Crippen molar-refractivity contribution in [2.45, 2.75) is 26.2 Å². The van der Waals surface area contributed by atoms with Gasteiger partial charge in [-0.05, 0) is 34.7 Å². The Morgan fingerprint density at radius 3 is 2.41 bits per heavy atom. The predicted molar refractivity (Wildman–Crippen MR) is 89.8 cm³/mol. The largest absolute Gasteiger partial charge is 0.478 e. The zero-order valence-electron chi connectivity index (χ0n) is 13.0. The van der Waals surface area contributed by atoms with Gasteiger partial charge in [-0.25, -0.2) is 4.79 Å². The van der Waals surface area contributed by atoms with E-state index in [4.69, 9.17) is 5.11 Å². The maximum Gasteiger partial charge on any atom is 0.335 e. The van der Waals surface area contributed by atoms with Gasteiger partial charge in [0.25, 0.3) is 0 Å². The number of nitrogens with zero attached hydrogens (tertiary/aromatic N) is 1. The van der Waals surface area contributed by atoms with Crippen molar-refractivity contribution in [1.29, 1.82) is 0 Å². The minimum atomic E-state index is -0.953. The van der Waals surface area contributed by atoms with Crippen molar-refractivity contribution in [1.82, 2.24) is 0 Å². The Morgan fingerprint density at radius 1 is 1.14 bits per heavy atom. The van der Waals surface area contributed by atoms with Gasteiger partial charge >= 0.3 is 5.97 Å². The molecule has 2 aromatic rings. The molecule has 0 aliphatic heterocycles. The molecule has 114 valence electrons. The molecular formula is C18H20N2O2. The molecule has 0 spiro atoms. The first-order valence-corrected chi connectivity index (χ1v) is 7.09. The van der Waals surface area contributed by atoms with Crippen molar-refractivity contribution in [2.75, 3.05) is 5.43 Å². The fraction of sp³-hybridized carbons (Fsp3) is 0.222. The first kappa shape index (κ1) is 15.8. The standard InChI is InChI=1S/C18H20N2O2/c1-18(2,3)15-9-7-13(8-10-15)12-19-20-16-6-4-5-14(11-16)17(21)22/h4-12,20H,1-3H3,(H,21,22)/b19-12-. The lowest BCUT2D eigenvalue weighted by Crippen LogP contribution is -2.10. The fourth-order valence-electron chi connectivity index (χ4n) is 1.97. The van der Waals surface area contributed by atoms with Gasteiger partial charge in [-0.1, -0.05) is 51.1 Å². The number of hydrogen-bond acceptors (Lipinski definition) is 3. The lowest BCUT2D eigenvalue weighted by atomic mass is 9.87. The number of carbonyl (C=O) groups is 1. The second kappa shape index (κ2) is 6.43. The molecule has 2 rings (SSSR count). The topological polar surface area (TPSA) is 61.7 Å². The second-order valence-electron chi connectivity index (χ2n) is 6.13. The fourth-order valence-corrected chi connectivity index (χ4v) is 1.97. The van der Waals surface area contributed by atoms with E-state index in [-0.39, 0.29) is 11.0 Å². The Labute approximate surface area is 130 Å². The third-order valence-corrected chi connectivity index (χ3v) is 3.29. The molecule has 22 heavy (non-hydrogen) atoms. The number of rotatable bonds is 4. The van der Waals surface area contributed by atoms with E-state index in [1.165, 1.54) is 5.56 Å². The SMILES string of the molecule is CC(C)(C)c1ccc(/C=N\Nc2cccc(C(=O)O)c2)cc1. The van der Waals surface area contributed by atoms with Gasteiger partial charge in [0.2, 0.25) is 0 Å². The average Bonchev–Trinajstić information content (AvgIpc) is 2.47. The summed E-state index contributed by atoms with van der Waals surface area (Å²) >= 11 is 0. The molecular weight excluding hydrogens is 276 g/mol. The van der Waals surface area contributed by atoms with Crippen molar-refractivity contribution in [3.63, 3.8) is 0 Å². The number of anilines is 1. The molecule has 0 fully saturated rings. The number of hydrogen-bond donors (Lipinski definition) is 2. The molecule has 4 heteroatoms. The van der Waals surface area contributed by atoms with Crippen molar-refractivity contribution >= 4 is 17.9 Å².